The van der Waals surface area contributed by atoms with Crippen molar-refractivity contribution in [2.75, 3.05) is 36.4 Å². The summed E-state index contributed by atoms with van der Waals surface area (Å²) in [5.41, 5.74) is 1.56. The van der Waals surface area contributed by atoms with E-state index in [4.69, 9.17) is 0 Å². The number of aromatic nitrogens is 4. The Bertz CT molecular complexity index is 1310. The minimum Gasteiger partial charge on any atom is -0.368 e. The standard InChI is InChI=1S/C21H19F2N7O/c1-12-10-30-11-13(8-16(23)20(30)26-12)27-21(31)18-15(22)9-17(29-6-4-24-5-7-29)14-2-3-25-28-19(14)18/h2-3,8-11,24H,4-7H2,1H3,(H,27,31). The van der Waals surface area contributed by atoms with E-state index in [1.54, 1.807) is 19.2 Å². The molecule has 0 spiro atoms. The third-order valence-corrected chi connectivity index (χ3v) is 5.31. The summed E-state index contributed by atoms with van der Waals surface area (Å²) in [4.78, 5) is 19.1. The topological polar surface area (TPSA) is 87.5 Å². The van der Waals surface area contributed by atoms with E-state index in [1.165, 1.54) is 22.9 Å². The van der Waals surface area contributed by atoms with Gasteiger partial charge in [0.15, 0.2) is 11.5 Å². The molecule has 3 aromatic heterocycles. The Morgan fingerprint density at radius 3 is 2.77 bits per heavy atom. The van der Waals surface area contributed by atoms with Gasteiger partial charge in [0.1, 0.15) is 16.9 Å². The van der Waals surface area contributed by atoms with E-state index in [2.05, 4.69) is 30.7 Å². The highest BCUT2D eigenvalue weighted by Gasteiger charge is 2.23. The van der Waals surface area contributed by atoms with Gasteiger partial charge >= 0.3 is 0 Å². The number of hydrogen-bond donors (Lipinski definition) is 2. The lowest BCUT2D eigenvalue weighted by molar-refractivity contribution is 0.102. The van der Waals surface area contributed by atoms with Gasteiger partial charge in [-0.25, -0.2) is 13.8 Å². The molecule has 1 amide bonds. The summed E-state index contributed by atoms with van der Waals surface area (Å²) in [5.74, 6) is -2.03. The molecule has 8 nitrogen and oxygen atoms in total. The molecule has 1 fully saturated rings. The highest BCUT2D eigenvalue weighted by atomic mass is 19.1. The number of nitrogens with zero attached hydrogens (tertiary/aromatic N) is 5. The van der Waals surface area contributed by atoms with Crippen molar-refractivity contribution in [3.8, 4) is 0 Å². The molecule has 0 aliphatic carbocycles. The number of halogens is 2. The molecule has 4 aromatic rings. The van der Waals surface area contributed by atoms with Crippen LogP contribution in [0.1, 0.15) is 16.1 Å². The van der Waals surface area contributed by atoms with Crippen molar-refractivity contribution < 1.29 is 13.6 Å². The molecule has 31 heavy (non-hydrogen) atoms. The number of aryl methyl sites for hydroxylation is 1. The zero-order chi connectivity index (χ0) is 21.5. The first-order valence-electron chi connectivity index (χ1n) is 9.87. The zero-order valence-corrected chi connectivity index (χ0v) is 16.7. The van der Waals surface area contributed by atoms with Crippen molar-refractivity contribution in [2.45, 2.75) is 6.92 Å². The number of pyridine rings is 1. The Morgan fingerprint density at radius 2 is 1.97 bits per heavy atom. The van der Waals surface area contributed by atoms with Gasteiger partial charge in [0.2, 0.25) is 0 Å². The smallest absolute Gasteiger partial charge is 0.260 e. The molecule has 0 atom stereocenters. The number of hydrogen-bond acceptors (Lipinski definition) is 6. The second-order valence-corrected chi connectivity index (χ2v) is 7.43. The van der Waals surface area contributed by atoms with Crippen LogP contribution in [-0.4, -0.2) is 51.7 Å². The van der Waals surface area contributed by atoms with E-state index in [1.807, 2.05) is 0 Å². The summed E-state index contributed by atoms with van der Waals surface area (Å²) in [7, 11) is 0. The van der Waals surface area contributed by atoms with E-state index in [0.29, 0.717) is 29.9 Å². The monoisotopic (exact) mass is 423 g/mol. The molecule has 0 bridgehead atoms. The number of imidazole rings is 1. The van der Waals surface area contributed by atoms with Crippen LogP contribution in [0.3, 0.4) is 0 Å². The van der Waals surface area contributed by atoms with Crippen LogP contribution < -0.4 is 15.5 Å². The maximum atomic E-state index is 15.2. The van der Waals surface area contributed by atoms with Crippen molar-refractivity contribution in [3.05, 3.63) is 59.7 Å². The molecule has 1 aliphatic rings. The maximum absolute atomic E-state index is 15.2. The van der Waals surface area contributed by atoms with Gasteiger partial charge in [0, 0.05) is 55.7 Å². The molecule has 5 rings (SSSR count). The van der Waals surface area contributed by atoms with Crippen LogP contribution in [-0.2, 0) is 0 Å². The Labute approximate surface area is 175 Å². The minimum atomic E-state index is -0.731. The van der Waals surface area contributed by atoms with Crippen LogP contribution in [0.25, 0.3) is 16.6 Å². The first-order valence-corrected chi connectivity index (χ1v) is 9.87. The fourth-order valence-electron chi connectivity index (χ4n) is 3.93. The average Bonchev–Trinajstić information content (AvgIpc) is 3.14. The van der Waals surface area contributed by atoms with Gasteiger partial charge in [-0.05, 0) is 19.1 Å². The minimum absolute atomic E-state index is 0.151. The predicted molar refractivity (Wildman–Crippen MR) is 112 cm³/mol. The van der Waals surface area contributed by atoms with Gasteiger partial charge in [-0.1, -0.05) is 0 Å². The molecule has 1 saturated heterocycles. The van der Waals surface area contributed by atoms with Gasteiger partial charge in [0.05, 0.1) is 17.6 Å². The number of fused-ring (bicyclic) bond motifs is 2. The number of benzene rings is 1. The Kier molecular flexibility index (Phi) is 4.70. The van der Waals surface area contributed by atoms with E-state index < -0.39 is 17.5 Å². The van der Waals surface area contributed by atoms with Crippen LogP contribution in [0.2, 0.25) is 0 Å². The summed E-state index contributed by atoms with van der Waals surface area (Å²) < 4.78 is 31.0. The summed E-state index contributed by atoms with van der Waals surface area (Å²) in [6, 6.07) is 4.23. The highest BCUT2D eigenvalue weighted by Crippen LogP contribution is 2.31. The molecular formula is C21H19F2N7O. The molecule has 4 heterocycles. The van der Waals surface area contributed by atoms with E-state index in [-0.39, 0.29) is 22.4 Å². The van der Waals surface area contributed by atoms with Gasteiger partial charge in [-0.2, -0.15) is 5.10 Å². The number of carbonyl (C=O) groups is 1. The average molecular weight is 423 g/mol. The number of carbonyl (C=O) groups excluding carboxylic acids is 1. The third kappa shape index (κ3) is 3.44. The van der Waals surface area contributed by atoms with Crippen molar-refractivity contribution in [3.63, 3.8) is 0 Å². The summed E-state index contributed by atoms with van der Waals surface area (Å²) >= 11 is 0. The maximum Gasteiger partial charge on any atom is 0.260 e. The summed E-state index contributed by atoms with van der Waals surface area (Å²) in [5, 5.41) is 14.4. The number of rotatable bonds is 3. The molecule has 1 aliphatic heterocycles. The van der Waals surface area contributed by atoms with Gasteiger partial charge in [-0.3, -0.25) is 4.79 Å². The largest absolute Gasteiger partial charge is 0.368 e. The molecular weight excluding hydrogens is 404 g/mol. The van der Waals surface area contributed by atoms with Crippen molar-refractivity contribution in [2.24, 2.45) is 0 Å². The summed E-state index contributed by atoms with van der Waals surface area (Å²) in [6.45, 7) is 4.74. The fraction of sp³-hybridized carbons (Fsp3) is 0.238. The van der Waals surface area contributed by atoms with Crippen molar-refractivity contribution in [1.29, 1.82) is 0 Å². The lowest BCUT2D eigenvalue weighted by atomic mass is 10.1. The van der Waals surface area contributed by atoms with Crippen LogP contribution >= 0.6 is 0 Å². The zero-order valence-electron chi connectivity index (χ0n) is 16.7. The molecule has 158 valence electrons. The first-order chi connectivity index (χ1) is 15.0. The molecule has 10 heteroatoms. The lowest BCUT2D eigenvalue weighted by Crippen LogP contribution is -2.43. The van der Waals surface area contributed by atoms with Gasteiger partial charge < -0.3 is 19.9 Å². The van der Waals surface area contributed by atoms with Crippen molar-refractivity contribution >= 4 is 33.8 Å². The van der Waals surface area contributed by atoms with Crippen molar-refractivity contribution in [1.82, 2.24) is 24.9 Å². The second-order valence-electron chi connectivity index (χ2n) is 7.43. The van der Waals surface area contributed by atoms with Gasteiger partial charge in [0.25, 0.3) is 5.91 Å². The fourth-order valence-corrected chi connectivity index (χ4v) is 3.93. The quantitative estimate of drug-likeness (QED) is 0.527. The van der Waals surface area contributed by atoms with E-state index >= 15 is 4.39 Å². The van der Waals surface area contributed by atoms with E-state index in [0.717, 1.165) is 19.2 Å². The SMILES string of the molecule is Cc1cn2cc(NC(=O)c3c(F)cc(N4CCNCC4)c4ccnnc34)cc(F)c2n1. The Hall–Kier alpha value is -3.66. The highest BCUT2D eigenvalue weighted by molar-refractivity contribution is 6.14. The van der Waals surface area contributed by atoms with Crippen LogP contribution in [0.5, 0.6) is 0 Å². The number of amides is 1. The number of piperazine rings is 1. The lowest BCUT2D eigenvalue weighted by Gasteiger charge is -2.30. The Morgan fingerprint density at radius 1 is 1.16 bits per heavy atom. The van der Waals surface area contributed by atoms with Gasteiger partial charge in [-0.15, -0.1) is 5.10 Å². The molecule has 2 N–H and O–H groups in total. The molecule has 0 saturated carbocycles. The third-order valence-electron chi connectivity index (χ3n) is 5.31. The molecule has 1 aromatic carbocycles. The Balaban J connectivity index is 1.55. The normalized spacial score (nSPS) is 14.4. The number of nitrogens with one attached hydrogen (secondary N) is 2. The molecule has 0 radical (unpaired) electrons. The molecule has 0 unspecified atom stereocenters. The predicted octanol–water partition coefficient (Wildman–Crippen LogP) is 2.53. The van der Waals surface area contributed by atoms with Crippen LogP contribution in [0.4, 0.5) is 20.2 Å². The van der Waals surface area contributed by atoms with Crippen LogP contribution in [0, 0.1) is 18.6 Å². The summed E-state index contributed by atoms with van der Waals surface area (Å²) in [6.07, 6.45) is 4.67. The van der Waals surface area contributed by atoms with E-state index in [9.17, 15) is 9.18 Å². The van der Waals surface area contributed by atoms with Crippen LogP contribution in [0.15, 0.2) is 36.8 Å². The number of anilines is 2. The second kappa shape index (κ2) is 7.55. The first kappa shape index (κ1) is 19.3.